The van der Waals surface area contributed by atoms with Crippen LogP contribution in [0.4, 0.5) is 5.69 Å². The van der Waals surface area contributed by atoms with Gasteiger partial charge in [-0.15, -0.1) is 0 Å². The molecular formula is C18H21ClN2O3S. The van der Waals surface area contributed by atoms with E-state index >= 15 is 0 Å². The largest absolute Gasteiger partial charge is 0.325 e. The summed E-state index contributed by atoms with van der Waals surface area (Å²) in [5, 5.41) is 3.31. The van der Waals surface area contributed by atoms with E-state index in [1.807, 2.05) is 13.8 Å². The fraction of sp³-hybridized carbons (Fsp3) is 0.278. The van der Waals surface area contributed by atoms with Gasteiger partial charge >= 0.3 is 0 Å². The quantitative estimate of drug-likeness (QED) is 0.832. The van der Waals surface area contributed by atoms with E-state index in [1.165, 1.54) is 0 Å². The molecule has 134 valence electrons. The summed E-state index contributed by atoms with van der Waals surface area (Å²) in [5.41, 5.74) is 2.39. The molecule has 7 heteroatoms. The second kappa shape index (κ2) is 7.99. The van der Waals surface area contributed by atoms with Crippen molar-refractivity contribution in [2.75, 3.05) is 18.4 Å². The van der Waals surface area contributed by atoms with Crippen LogP contribution in [0, 0.1) is 13.8 Å². The molecule has 0 radical (unpaired) electrons. The van der Waals surface area contributed by atoms with Gasteiger partial charge in [0.2, 0.25) is 15.9 Å². The summed E-state index contributed by atoms with van der Waals surface area (Å²) in [6.07, 6.45) is 0. The van der Waals surface area contributed by atoms with Crippen molar-refractivity contribution in [3.8, 4) is 0 Å². The van der Waals surface area contributed by atoms with Crippen LogP contribution in [0.15, 0.2) is 47.4 Å². The second-order valence-corrected chi connectivity index (χ2v) is 8.13. The lowest BCUT2D eigenvalue weighted by atomic mass is 10.2. The number of halogens is 1. The Morgan fingerprint density at radius 1 is 1.12 bits per heavy atom. The second-order valence-electron chi connectivity index (χ2n) is 5.75. The molecule has 0 aromatic heterocycles. The summed E-state index contributed by atoms with van der Waals surface area (Å²) >= 11 is 5.90. The first-order valence-corrected chi connectivity index (χ1v) is 9.68. The monoisotopic (exact) mass is 380 g/mol. The van der Waals surface area contributed by atoms with Gasteiger partial charge in [0.25, 0.3) is 0 Å². The minimum Gasteiger partial charge on any atom is -0.325 e. The molecule has 0 saturated carbocycles. The molecule has 0 aliphatic rings. The lowest BCUT2D eigenvalue weighted by Crippen LogP contribution is -2.37. The molecule has 1 N–H and O–H groups in total. The number of nitrogens with one attached hydrogen (secondary N) is 1. The van der Waals surface area contributed by atoms with Crippen LogP contribution in [-0.4, -0.2) is 31.7 Å². The number of carbonyl (C=O) groups excluding carboxylic acids is 1. The molecule has 2 aromatic carbocycles. The van der Waals surface area contributed by atoms with Crippen molar-refractivity contribution < 1.29 is 13.2 Å². The van der Waals surface area contributed by atoms with Crippen LogP contribution >= 0.6 is 11.6 Å². The van der Waals surface area contributed by atoms with E-state index in [0.717, 1.165) is 15.4 Å². The van der Waals surface area contributed by atoms with Gasteiger partial charge in [0.15, 0.2) is 0 Å². The zero-order valence-electron chi connectivity index (χ0n) is 14.4. The van der Waals surface area contributed by atoms with Crippen LogP contribution in [0.1, 0.15) is 18.1 Å². The number of sulfonamides is 1. The Morgan fingerprint density at radius 2 is 1.76 bits per heavy atom. The van der Waals surface area contributed by atoms with Crippen molar-refractivity contribution in [1.82, 2.24) is 4.31 Å². The van der Waals surface area contributed by atoms with Crippen LogP contribution in [0.3, 0.4) is 0 Å². The number of amides is 1. The molecule has 0 saturated heterocycles. The number of anilines is 1. The molecule has 25 heavy (non-hydrogen) atoms. The highest BCUT2D eigenvalue weighted by molar-refractivity contribution is 7.89. The Kier molecular flexibility index (Phi) is 6.21. The highest BCUT2D eigenvalue weighted by atomic mass is 35.5. The molecule has 5 nitrogen and oxygen atoms in total. The van der Waals surface area contributed by atoms with Gasteiger partial charge in [0.05, 0.1) is 11.4 Å². The van der Waals surface area contributed by atoms with Gasteiger partial charge < -0.3 is 5.32 Å². The molecule has 0 fully saturated rings. The number of aryl methyl sites for hydroxylation is 2. The zero-order valence-corrected chi connectivity index (χ0v) is 16.0. The number of benzene rings is 2. The fourth-order valence-electron chi connectivity index (χ4n) is 2.34. The van der Waals surface area contributed by atoms with Crippen molar-refractivity contribution in [3.63, 3.8) is 0 Å². The summed E-state index contributed by atoms with van der Waals surface area (Å²) < 4.78 is 26.6. The maximum absolute atomic E-state index is 12.7. The minimum atomic E-state index is -3.72. The summed E-state index contributed by atoms with van der Waals surface area (Å²) in [6.45, 7) is 5.35. The van der Waals surface area contributed by atoms with Gasteiger partial charge in [-0.3, -0.25) is 4.79 Å². The molecular weight excluding hydrogens is 360 g/mol. The highest BCUT2D eigenvalue weighted by Crippen LogP contribution is 2.20. The van der Waals surface area contributed by atoms with E-state index in [-0.39, 0.29) is 18.0 Å². The Balaban J connectivity index is 2.15. The number of rotatable bonds is 6. The number of nitrogens with zero attached hydrogens (tertiary/aromatic N) is 1. The Hall–Kier alpha value is -1.89. The maximum atomic E-state index is 12.7. The molecule has 0 aliphatic heterocycles. The lowest BCUT2D eigenvalue weighted by Gasteiger charge is -2.20. The standard InChI is InChI=1S/C18H21ClN2O3S/c1-4-21(25(23,24)16-8-5-13(2)6-9-16)12-18(22)20-17-10-7-15(19)11-14(17)3/h5-11H,4,12H2,1-3H3,(H,20,22). The SMILES string of the molecule is CCN(CC(=O)Nc1ccc(Cl)cc1C)S(=O)(=O)c1ccc(C)cc1. The van der Waals surface area contributed by atoms with Gasteiger partial charge in [-0.25, -0.2) is 8.42 Å². The van der Waals surface area contributed by atoms with Gasteiger partial charge in [-0.1, -0.05) is 36.2 Å². The van der Waals surface area contributed by atoms with Crippen molar-refractivity contribution in [2.24, 2.45) is 0 Å². The van der Waals surface area contributed by atoms with E-state index in [2.05, 4.69) is 5.32 Å². The average molecular weight is 381 g/mol. The van der Waals surface area contributed by atoms with Gasteiger partial charge in [-0.05, 0) is 49.7 Å². The molecule has 1 amide bonds. The van der Waals surface area contributed by atoms with E-state index < -0.39 is 15.9 Å². The zero-order chi connectivity index (χ0) is 18.6. The van der Waals surface area contributed by atoms with Crippen LogP contribution in [0.5, 0.6) is 0 Å². The predicted molar refractivity (Wildman–Crippen MR) is 100 cm³/mol. The van der Waals surface area contributed by atoms with E-state index in [0.29, 0.717) is 10.7 Å². The Labute approximate surface area is 153 Å². The first-order valence-electron chi connectivity index (χ1n) is 7.87. The summed E-state index contributed by atoms with van der Waals surface area (Å²) in [7, 11) is -3.72. The fourth-order valence-corrected chi connectivity index (χ4v) is 3.98. The molecule has 0 aliphatic carbocycles. The lowest BCUT2D eigenvalue weighted by molar-refractivity contribution is -0.116. The minimum absolute atomic E-state index is 0.176. The topological polar surface area (TPSA) is 66.5 Å². The smallest absolute Gasteiger partial charge is 0.243 e. The predicted octanol–water partition coefficient (Wildman–Crippen LogP) is 3.61. The molecule has 0 atom stereocenters. The van der Waals surface area contributed by atoms with Crippen LogP contribution < -0.4 is 5.32 Å². The molecule has 0 unspecified atom stereocenters. The van der Waals surface area contributed by atoms with Crippen molar-refractivity contribution in [2.45, 2.75) is 25.7 Å². The first-order chi connectivity index (χ1) is 11.7. The number of hydrogen-bond acceptors (Lipinski definition) is 3. The normalized spacial score (nSPS) is 11.6. The third-order valence-corrected chi connectivity index (χ3v) is 5.96. The van der Waals surface area contributed by atoms with Crippen molar-refractivity contribution in [1.29, 1.82) is 0 Å². The Morgan fingerprint density at radius 3 is 2.32 bits per heavy atom. The van der Waals surface area contributed by atoms with Gasteiger partial charge in [-0.2, -0.15) is 4.31 Å². The summed E-state index contributed by atoms with van der Waals surface area (Å²) in [4.78, 5) is 12.5. The third-order valence-electron chi connectivity index (χ3n) is 3.79. The summed E-state index contributed by atoms with van der Waals surface area (Å²) in [5.74, 6) is -0.400. The molecule has 0 spiro atoms. The molecule has 2 rings (SSSR count). The molecule has 2 aromatic rings. The molecule has 0 heterocycles. The summed E-state index contributed by atoms with van der Waals surface area (Å²) in [6, 6.07) is 11.7. The Bertz CT molecular complexity index is 864. The van der Waals surface area contributed by atoms with Gasteiger partial charge in [0, 0.05) is 17.3 Å². The maximum Gasteiger partial charge on any atom is 0.243 e. The van der Waals surface area contributed by atoms with Crippen molar-refractivity contribution in [3.05, 3.63) is 58.6 Å². The van der Waals surface area contributed by atoms with Gasteiger partial charge in [0.1, 0.15) is 0 Å². The van der Waals surface area contributed by atoms with Crippen molar-refractivity contribution >= 4 is 33.2 Å². The number of likely N-dealkylation sites (N-methyl/N-ethyl adjacent to an activating group) is 1. The van der Waals surface area contributed by atoms with Crippen LogP contribution in [-0.2, 0) is 14.8 Å². The first kappa shape index (κ1) is 19.4. The highest BCUT2D eigenvalue weighted by Gasteiger charge is 2.25. The number of carbonyl (C=O) groups is 1. The molecule has 0 bridgehead atoms. The van der Waals surface area contributed by atoms with E-state index in [4.69, 9.17) is 11.6 Å². The van der Waals surface area contributed by atoms with Crippen LogP contribution in [0.25, 0.3) is 0 Å². The average Bonchev–Trinajstić information content (AvgIpc) is 2.55. The van der Waals surface area contributed by atoms with E-state index in [1.54, 1.807) is 49.4 Å². The third kappa shape index (κ3) is 4.81. The number of hydrogen-bond donors (Lipinski definition) is 1. The van der Waals surface area contributed by atoms with Crippen LogP contribution in [0.2, 0.25) is 5.02 Å². The van der Waals surface area contributed by atoms with E-state index in [9.17, 15) is 13.2 Å².